The van der Waals surface area contributed by atoms with Crippen LogP contribution < -0.4 is 0 Å². The highest BCUT2D eigenvalue weighted by molar-refractivity contribution is 5.82. The zero-order chi connectivity index (χ0) is 13.2. The van der Waals surface area contributed by atoms with E-state index in [4.69, 9.17) is 0 Å². The predicted octanol–water partition coefficient (Wildman–Crippen LogP) is 2.34. The van der Waals surface area contributed by atoms with Gasteiger partial charge in [0.25, 0.3) is 0 Å². The molecule has 3 rings (SSSR count). The third-order valence-corrected chi connectivity index (χ3v) is 3.92. The second-order valence-electron chi connectivity index (χ2n) is 5.36. The second-order valence-corrected chi connectivity index (χ2v) is 5.36. The third-order valence-electron chi connectivity index (χ3n) is 3.92. The van der Waals surface area contributed by atoms with Crippen molar-refractivity contribution in [2.45, 2.75) is 25.7 Å². The first-order chi connectivity index (χ1) is 9.22. The SMILES string of the molecule is Cn1cc(CCC(=O)C2Cc3ccccc3C2)cn1. The lowest BCUT2D eigenvalue weighted by molar-refractivity contribution is -0.122. The Labute approximate surface area is 113 Å². The molecule has 0 bridgehead atoms. The number of Topliss-reactive ketones (excluding diaryl/α,β-unsaturated/α-hetero) is 1. The molecule has 1 aliphatic carbocycles. The van der Waals surface area contributed by atoms with Crippen molar-refractivity contribution in [1.82, 2.24) is 9.78 Å². The molecule has 0 spiro atoms. The Morgan fingerprint density at radius 2 is 2.00 bits per heavy atom. The van der Waals surface area contributed by atoms with Gasteiger partial charge in [-0.15, -0.1) is 0 Å². The number of carbonyl (C=O) groups excluding carboxylic acids is 1. The van der Waals surface area contributed by atoms with Crippen LogP contribution in [0.2, 0.25) is 0 Å². The van der Waals surface area contributed by atoms with Crippen LogP contribution in [0.1, 0.15) is 23.1 Å². The van der Waals surface area contributed by atoms with Crippen molar-refractivity contribution in [3.05, 3.63) is 53.3 Å². The van der Waals surface area contributed by atoms with Gasteiger partial charge >= 0.3 is 0 Å². The van der Waals surface area contributed by atoms with Crippen LogP contribution in [0.3, 0.4) is 0 Å². The minimum atomic E-state index is 0.189. The van der Waals surface area contributed by atoms with E-state index < -0.39 is 0 Å². The van der Waals surface area contributed by atoms with Gasteiger partial charge in [-0.3, -0.25) is 9.48 Å². The summed E-state index contributed by atoms with van der Waals surface area (Å²) >= 11 is 0. The van der Waals surface area contributed by atoms with Crippen LogP contribution in [-0.4, -0.2) is 15.6 Å². The molecule has 3 heteroatoms. The molecule has 0 aliphatic heterocycles. The lowest BCUT2D eigenvalue weighted by atomic mass is 9.96. The molecule has 98 valence electrons. The molecule has 0 amide bonds. The van der Waals surface area contributed by atoms with Gasteiger partial charge in [0, 0.05) is 25.6 Å². The van der Waals surface area contributed by atoms with Crippen molar-refractivity contribution in [1.29, 1.82) is 0 Å². The van der Waals surface area contributed by atoms with E-state index >= 15 is 0 Å². The zero-order valence-corrected chi connectivity index (χ0v) is 11.2. The molecule has 2 aromatic rings. The smallest absolute Gasteiger partial charge is 0.136 e. The highest BCUT2D eigenvalue weighted by Gasteiger charge is 2.26. The van der Waals surface area contributed by atoms with Gasteiger partial charge in [-0.2, -0.15) is 5.10 Å². The fraction of sp³-hybridized carbons (Fsp3) is 0.375. The quantitative estimate of drug-likeness (QED) is 0.839. The molecule has 1 aromatic heterocycles. The van der Waals surface area contributed by atoms with E-state index in [1.54, 1.807) is 4.68 Å². The average Bonchev–Trinajstić information content (AvgIpc) is 3.01. The number of fused-ring (bicyclic) bond motifs is 1. The summed E-state index contributed by atoms with van der Waals surface area (Å²) in [4.78, 5) is 12.3. The van der Waals surface area contributed by atoms with Gasteiger partial charge in [0.2, 0.25) is 0 Å². The largest absolute Gasteiger partial charge is 0.299 e. The van der Waals surface area contributed by atoms with Crippen molar-refractivity contribution in [2.75, 3.05) is 0 Å². The number of nitrogens with zero attached hydrogens (tertiary/aromatic N) is 2. The number of benzene rings is 1. The Morgan fingerprint density at radius 1 is 1.32 bits per heavy atom. The Balaban J connectivity index is 1.58. The van der Waals surface area contributed by atoms with Gasteiger partial charge in [-0.25, -0.2) is 0 Å². The van der Waals surface area contributed by atoms with Gasteiger partial charge in [-0.05, 0) is 36.0 Å². The van der Waals surface area contributed by atoms with Gasteiger partial charge in [0.05, 0.1) is 6.20 Å². The molecule has 0 unspecified atom stereocenters. The van der Waals surface area contributed by atoms with E-state index in [2.05, 4.69) is 29.4 Å². The molecular weight excluding hydrogens is 236 g/mol. The Hall–Kier alpha value is -1.90. The minimum absolute atomic E-state index is 0.189. The summed E-state index contributed by atoms with van der Waals surface area (Å²) in [5, 5.41) is 4.13. The number of hydrogen-bond acceptors (Lipinski definition) is 2. The van der Waals surface area contributed by atoms with Crippen LogP contribution >= 0.6 is 0 Å². The molecule has 1 aliphatic rings. The monoisotopic (exact) mass is 254 g/mol. The number of ketones is 1. The van der Waals surface area contributed by atoms with Gasteiger partial charge in [0.15, 0.2) is 0 Å². The fourth-order valence-electron chi connectivity index (χ4n) is 2.86. The molecule has 0 N–H and O–H groups in total. The highest BCUT2D eigenvalue weighted by atomic mass is 16.1. The van der Waals surface area contributed by atoms with E-state index in [0.717, 1.165) is 24.8 Å². The van der Waals surface area contributed by atoms with Crippen LogP contribution in [0.25, 0.3) is 0 Å². The summed E-state index contributed by atoms with van der Waals surface area (Å²) in [6.07, 6.45) is 7.10. The van der Waals surface area contributed by atoms with Gasteiger partial charge < -0.3 is 0 Å². The van der Waals surface area contributed by atoms with Crippen LogP contribution in [-0.2, 0) is 31.1 Å². The maximum Gasteiger partial charge on any atom is 0.136 e. The minimum Gasteiger partial charge on any atom is -0.299 e. The zero-order valence-electron chi connectivity index (χ0n) is 11.2. The maximum atomic E-state index is 12.3. The molecule has 1 aromatic carbocycles. The summed E-state index contributed by atoms with van der Waals surface area (Å²) in [6, 6.07) is 8.40. The summed E-state index contributed by atoms with van der Waals surface area (Å²) in [7, 11) is 1.90. The molecule has 0 fully saturated rings. The Bertz CT molecular complexity index is 575. The number of rotatable bonds is 4. The van der Waals surface area contributed by atoms with E-state index in [0.29, 0.717) is 12.2 Å². The normalized spacial score (nSPS) is 14.6. The Morgan fingerprint density at radius 3 is 2.58 bits per heavy atom. The molecule has 1 heterocycles. The number of hydrogen-bond donors (Lipinski definition) is 0. The number of aromatic nitrogens is 2. The first-order valence-electron chi connectivity index (χ1n) is 6.79. The van der Waals surface area contributed by atoms with Crippen LogP contribution in [0, 0.1) is 5.92 Å². The number of aryl methyl sites for hydroxylation is 2. The summed E-state index contributed by atoms with van der Waals surface area (Å²) in [6.45, 7) is 0. The predicted molar refractivity (Wildman–Crippen MR) is 73.9 cm³/mol. The highest BCUT2D eigenvalue weighted by Crippen LogP contribution is 2.27. The van der Waals surface area contributed by atoms with Gasteiger partial charge in [-0.1, -0.05) is 24.3 Å². The molecule has 0 saturated heterocycles. The molecule has 0 radical (unpaired) electrons. The third kappa shape index (κ3) is 2.60. The summed E-state index contributed by atoms with van der Waals surface area (Å²) in [5.41, 5.74) is 3.84. The van der Waals surface area contributed by atoms with Crippen LogP contribution in [0.5, 0.6) is 0 Å². The van der Waals surface area contributed by atoms with Crippen molar-refractivity contribution in [2.24, 2.45) is 13.0 Å². The lowest BCUT2D eigenvalue weighted by Crippen LogP contribution is -2.15. The van der Waals surface area contributed by atoms with E-state index in [1.807, 2.05) is 19.4 Å². The molecule has 0 atom stereocenters. The fourth-order valence-corrected chi connectivity index (χ4v) is 2.86. The molecule has 19 heavy (non-hydrogen) atoms. The van der Waals surface area contributed by atoms with Crippen molar-refractivity contribution in [3.63, 3.8) is 0 Å². The maximum absolute atomic E-state index is 12.3. The molecule has 3 nitrogen and oxygen atoms in total. The molecule has 0 saturated carbocycles. The first kappa shape index (κ1) is 12.2. The average molecular weight is 254 g/mol. The summed E-state index contributed by atoms with van der Waals surface area (Å²) in [5.74, 6) is 0.578. The lowest BCUT2D eigenvalue weighted by Gasteiger charge is -2.06. The van der Waals surface area contributed by atoms with Crippen molar-refractivity contribution >= 4 is 5.78 Å². The Kier molecular flexibility index (Phi) is 3.20. The van der Waals surface area contributed by atoms with Crippen LogP contribution in [0.15, 0.2) is 36.7 Å². The topological polar surface area (TPSA) is 34.9 Å². The van der Waals surface area contributed by atoms with E-state index in [9.17, 15) is 4.79 Å². The number of carbonyl (C=O) groups is 1. The van der Waals surface area contributed by atoms with Gasteiger partial charge in [0.1, 0.15) is 5.78 Å². The standard InChI is InChI=1S/C16H18N2O/c1-18-11-12(10-17-18)6-7-16(19)15-8-13-4-2-3-5-14(13)9-15/h2-5,10-11,15H,6-9H2,1H3. The van der Waals surface area contributed by atoms with E-state index in [-0.39, 0.29) is 5.92 Å². The second kappa shape index (κ2) is 5.00. The molecular formula is C16H18N2O. The summed E-state index contributed by atoms with van der Waals surface area (Å²) < 4.78 is 1.78. The van der Waals surface area contributed by atoms with E-state index in [1.165, 1.54) is 11.1 Å². The van der Waals surface area contributed by atoms with Crippen LogP contribution in [0.4, 0.5) is 0 Å². The van der Waals surface area contributed by atoms with Crippen molar-refractivity contribution < 1.29 is 4.79 Å². The van der Waals surface area contributed by atoms with Crippen molar-refractivity contribution in [3.8, 4) is 0 Å². The first-order valence-corrected chi connectivity index (χ1v) is 6.79.